The lowest BCUT2D eigenvalue weighted by Crippen LogP contribution is -2.47. The third-order valence-corrected chi connectivity index (χ3v) is 5.68. The van der Waals surface area contributed by atoms with Crippen LogP contribution in [0.15, 0.2) is 30.5 Å². The fourth-order valence-corrected chi connectivity index (χ4v) is 4.12. The summed E-state index contributed by atoms with van der Waals surface area (Å²) in [6.45, 7) is 1.22. The fourth-order valence-electron chi connectivity index (χ4n) is 3.37. The number of hydrogen-bond donors (Lipinski definition) is 1. The number of benzene rings is 1. The highest BCUT2D eigenvalue weighted by Crippen LogP contribution is 2.36. The second-order valence-corrected chi connectivity index (χ2v) is 7.92. The number of aromatic nitrogens is 3. The molecule has 0 aliphatic carbocycles. The van der Waals surface area contributed by atoms with Crippen molar-refractivity contribution in [3.05, 3.63) is 45.2 Å². The SMILES string of the molecule is FC(F)(F)c1cc(I)c2[nH]c(N3CCN(c4ncccc4C(F)(F)F)CC3)nc2c1. The molecule has 1 saturated heterocycles. The number of nitrogens with zero attached hydrogens (tertiary/aromatic N) is 4. The van der Waals surface area contributed by atoms with E-state index in [1.54, 1.807) is 9.80 Å². The number of imidazole rings is 1. The summed E-state index contributed by atoms with van der Waals surface area (Å²) in [6, 6.07) is 4.27. The van der Waals surface area contributed by atoms with E-state index in [1.807, 2.05) is 22.6 Å². The standard InChI is InChI=1S/C18H14F6IN5/c19-17(20,21)10-8-12(25)14-13(9-10)27-16(28-14)30-6-4-29(5-7-30)15-11(18(22,23)24)2-1-3-26-15/h1-3,8-9H,4-7H2,(H,27,28). The molecule has 1 fully saturated rings. The Bertz CT molecular complexity index is 1070. The number of fused-ring (bicyclic) bond motifs is 1. The minimum atomic E-state index is -4.51. The molecular weight excluding hydrogens is 527 g/mol. The van der Waals surface area contributed by atoms with Crippen molar-refractivity contribution in [3.8, 4) is 0 Å². The van der Waals surface area contributed by atoms with Gasteiger partial charge in [0.25, 0.3) is 0 Å². The maximum absolute atomic E-state index is 13.2. The van der Waals surface area contributed by atoms with Crippen molar-refractivity contribution in [3.63, 3.8) is 0 Å². The Morgan fingerprint density at radius 2 is 1.60 bits per heavy atom. The lowest BCUT2D eigenvalue weighted by Gasteiger charge is -2.36. The summed E-state index contributed by atoms with van der Waals surface area (Å²) in [4.78, 5) is 14.6. The van der Waals surface area contributed by atoms with Gasteiger partial charge in [-0.15, -0.1) is 0 Å². The Labute approximate surface area is 180 Å². The number of halogens is 7. The minimum absolute atomic E-state index is 0.126. The fraction of sp³-hybridized carbons (Fsp3) is 0.333. The maximum Gasteiger partial charge on any atom is 0.419 e. The van der Waals surface area contributed by atoms with Crippen LogP contribution in [0.5, 0.6) is 0 Å². The second kappa shape index (κ2) is 7.46. The van der Waals surface area contributed by atoms with Crippen molar-refractivity contribution in [2.45, 2.75) is 12.4 Å². The molecule has 1 aromatic carbocycles. The molecule has 0 unspecified atom stereocenters. The van der Waals surface area contributed by atoms with E-state index in [-0.39, 0.29) is 24.4 Å². The predicted octanol–water partition coefficient (Wildman–Crippen LogP) is 4.93. The number of piperazine rings is 1. The van der Waals surface area contributed by atoms with E-state index in [1.165, 1.54) is 12.3 Å². The summed E-state index contributed by atoms with van der Waals surface area (Å²) in [5.41, 5.74) is -0.894. The van der Waals surface area contributed by atoms with E-state index in [9.17, 15) is 26.3 Å². The molecule has 3 heterocycles. The predicted molar refractivity (Wildman–Crippen MR) is 107 cm³/mol. The van der Waals surface area contributed by atoms with Gasteiger partial charge in [0.2, 0.25) is 5.95 Å². The molecule has 0 amide bonds. The van der Waals surface area contributed by atoms with Crippen LogP contribution < -0.4 is 9.80 Å². The van der Waals surface area contributed by atoms with Gasteiger partial charge in [-0.2, -0.15) is 26.3 Å². The van der Waals surface area contributed by atoms with E-state index in [2.05, 4.69) is 15.0 Å². The molecule has 1 N–H and O–H groups in total. The van der Waals surface area contributed by atoms with Crippen molar-refractivity contribution in [2.75, 3.05) is 36.0 Å². The third-order valence-electron chi connectivity index (χ3n) is 4.83. The zero-order valence-electron chi connectivity index (χ0n) is 15.1. The molecule has 0 spiro atoms. The molecule has 0 saturated carbocycles. The third kappa shape index (κ3) is 4.01. The number of alkyl halides is 6. The topological polar surface area (TPSA) is 48.1 Å². The Kier molecular flexibility index (Phi) is 5.22. The largest absolute Gasteiger partial charge is 0.419 e. The Hall–Kier alpha value is -2.25. The summed E-state index contributed by atoms with van der Waals surface area (Å²) in [5, 5.41) is 0. The highest BCUT2D eigenvalue weighted by Gasteiger charge is 2.36. The van der Waals surface area contributed by atoms with Gasteiger partial charge in [0.1, 0.15) is 5.82 Å². The normalized spacial score (nSPS) is 15.8. The Morgan fingerprint density at radius 1 is 0.933 bits per heavy atom. The van der Waals surface area contributed by atoms with Crippen LogP contribution in [0.1, 0.15) is 11.1 Å². The minimum Gasteiger partial charge on any atom is -0.353 e. The number of aromatic amines is 1. The van der Waals surface area contributed by atoms with Crippen LogP contribution in [0.4, 0.5) is 38.1 Å². The Morgan fingerprint density at radius 3 is 2.23 bits per heavy atom. The van der Waals surface area contributed by atoms with Crippen LogP contribution in [-0.2, 0) is 12.4 Å². The van der Waals surface area contributed by atoms with Crippen molar-refractivity contribution in [1.82, 2.24) is 15.0 Å². The van der Waals surface area contributed by atoms with Gasteiger partial charge in [0.05, 0.1) is 22.2 Å². The summed E-state index contributed by atoms with van der Waals surface area (Å²) >= 11 is 1.82. The lowest BCUT2D eigenvalue weighted by molar-refractivity contribution is -0.138. The first-order chi connectivity index (χ1) is 14.0. The molecule has 160 valence electrons. The molecule has 2 aromatic heterocycles. The molecule has 4 rings (SSSR count). The molecule has 1 aliphatic heterocycles. The van der Waals surface area contributed by atoms with Crippen molar-refractivity contribution < 1.29 is 26.3 Å². The van der Waals surface area contributed by atoms with Crippen LogP contribution in [0.2, 0.25) is 0 Å². The smallest absolute Gasteiger partial charge is 0.353 e. The number of rotatable bonds is 2. The molecule has 3 aromatic rings. The molecule has 12 heteroatoms. The molecule has 5 nitrogen and oxygen atoms in total. The average molecular weight is 541 g/mol. The van der Waals surface area contributed by atoms with Gasteiger partial charge in [-0.3, -0.25) is 0 Å². The van der Waals surface area contributed by atoms with Crippen molar-refractivity contribution >= 4 is 45.4 Å². The molecule has 30 heavy (non-hydrogen) atoms. The van der Waals surface area contributed by atoms with Crippen LogP contribution in [0.3, 0.4) is 0 Å². The number of nitrogens with one attached hydrogen (secondary N) is 1. The molecular formula is C18H14F6IN5. The van der Waals surface area contributed by atoms with E-state index in [4.69, 9.17) is 0 Å². The summed E-state index contributed by atoms with van der Waals surface area (Å²) in [5.74, 6) is 0.262. The number of hydrogen-bond acceptors (Lipinski definition) is 4. The van der Waals surface area contributed by atoms with Gasteiger partial charge in [0.15, 0.2) is 0 Å². The first-order valence-corrected chi connectivity index (χ1v) is 9.90. The Balaban J connectivity index is 1.55. The second-order valence-electron chi connectivity index (χ2n) is 6.76. The van der Waals surface area contributed by atoms with Gasteiger partial charge >= 0.3 is 12.4 Å². The zero-order valence-corrected chi connectivity index (χ0v) is 17.3. The number of H-pyrrole nitrogens is 1. The molecule has 0 bridgehead atoms. The van der Waals surface area contributed by atoms with Gasteiger partial charge < -0.3 is 14.8 Å². The summed E-state index contributed by atoms with van der Waals surface area (Å²) in [7, 11) is 0. The number of anilines is 2. The van der Waals surface area contributed by atoms with Crippen LogP contribution in [-0.4, -0.2) is 41.1 Å². The maximum atomic E-state index is 13.2. The zero-order chi connectivity index (χ0) is 21.7. The monoisotopic (exact) mass is 541 g/mol. The number of pyridine rings is 1. The van der Waals surface area contributed by atoms with E-state index in [0.29, 0.717) is 28.1 Å². The quantitative estimate of drug-likeness (QED) is 0.370. The lowest BCUT2D eigenvalue weighted by atomic mass is 10.2. The first kappa shape index (κ1) is 21.0. The van der Waals surface area contributed by atoms with Crippen molar-refractivity contribution in [2.24, 2.45) is 0 Å². The highest BCUT2D eigenvalue weighted by atomic mass is 127. The average Bonchev–Trinajstić information content (AvgIpc) is 3.12. The van der Waals surface area contributed by atoms with E-state index >= 15 is 0 Å². The van der Waals surface area contributed by atoms with Gasteiger partial charge in [-0.1, -0.05) is 0 Å². The van der Waals surface area contributed by atoms with Gasteiger partial charge in [-0.25, -0.2) is 9.97 Å². The van der Waals surface area contributed by atoms with E-state index in [0.717, 1.165) is 18.2 Å². The summed E-state index contributed by atoms with van der Waals surface area (Å²) < 4.78 is 79.2. The molecule has 0 atom stereocenters. The van der Waals surface area contributed by atoms with Crippen LogP contribution >= 0.6 is 22.6 Å². The van der Waals surface area contributed by atoms with Crippen LogP contribution in [0, 0.1) is 3.57 Å². The summed E-state index contributed by atoms with van der Waals surface area (Å²) in [6.07, 6.45) is -7.67. The molecule has 1 aliphatic rings. The first-order valence-electron chi connectivity index (χ1n) is 8.82. The van der Waals surface area contributed by atoms with Gasteiger partial charge in [0, 0.05) is 35.9 Å². The van der Waals surface area contributed by atoms with E-state index < -0.39 is 23.5 Å². The highest BCUT2D eigenvalue weighted by molar-refractivity contribution is 14.1. The molecule has 0 radical (unpaired) electrons. The van der Waals surface area contributed by atoms with Crippen LogP contribution in [0.25, 0.3) is 11.0 Å². The van der Waals surface area contributed by atoms with Gasteiger partial charge in [-0.05, 0) is 46.9 Å². The van der Waals surface area contributed by atoms with Crippen molar-refractivity contribution in [1.29, 1.82) is 0 Å².